The number of thioether (sulfide) groups is 1. The summed E-state index contributed by atoms with van der Waals surface area (Å²) in [7, 11) is -6.41. The number of aliphatic imine (C=N–C) groups is 1. The molecule has 0 spiro atoms. The third-order valence-electron chi connectivity index (χ3n) is 4.87. The number of nitrogens with two attached hydrogens (primary N) is 2. The van der Waals surface area contributed by atoms with E-state index in [0.717, 1.165) is 11.8 Å². The second-order valence-electron chi connectivity index (χ2n) is 7.94. The van der Waals surface area contributed by atoms with E-state index in [1.807, 2.05) is 5.38 Å². The lowest BCUT2D eigenvalue weighted by Gasteiger charge is -2.19. The van der Waals surface area contributed by atoms with Crippen molar-refractivity contribution < 1.29 is 41.6 Å². The van der Waals surface area contributed by atoms with Gasteiger partial charge in [0.15, 0.2) is 0 Å². The highest BCUT2D eigenvalue weighted by Gasteiger charge is 2.24. The van der Waals surface area contributed by atoms with E-state index in [4.69, 9.17) is 16.6 Å². The van der Waals surface area contributed by atoms with Crippen molar-refractivity contribution in [2.45, 2.75) is 29.4 Å². The van der Waals surface area contributed by atoms with Crippen LogP contribution in [0.15, 0.2) is 56.6 Å². The van der Waals surface area contributed by atoms with Crippen molar-refractivity contribution in [2.75, 3.05) is 32.4 Å². The molecule has 1 heterocycles. The average Bonchev–Trinajstić information content (AvgIpc) is 3.38. The topological polar surface area (TPSA) is 264 Å². The molecular formula is C23H34N8O8S4. The van der Waals surface area contributed by atoms with Gasteiger partial charge in [-0.05, 0) is 24.3 Å². The van der Waals surface area contributed by atoms with Crippen LogP contribution in [0.2, 0.25) is 0 Å². The molecule has 0 aliphatic heterocycles. The number of sulfonamides is 2. The van der Waals surface area contributed by atoms with Crippen LogP contribution < -0.4 is 31.6 Å². The zero-order valence-corrected chi connectivity index (χ0v) is 26.8. The Hall–Kier alpha value is -3.72. The maximum Gasteiger partial charge on any atom is 0.328 e. The molecule has 0 bridgehead atoms. The van der Waals surface area contributed by atoms with E-state index in [1.54, 1.807) is 25.6 Å². The van der Waals surface area contributed by atoms with Crippen LogP contribution in [-0.4, -0.2) is 87.5 Å². The SMILES string of the molecule is CCN(CC)S(=O)(=O)c1cccc(S(=O)(=O)NC(=NC)NCCSCc2csc([NH+]=C(N)N)n2)c1.O=C([O-])/C=C/C(=O)O. The largest absolute Gasteiger partial charge is 0.545 e. The highest BCUT2D eigenvalue weighted by molar-refractivity contribution is 7.98. The first-order valence-electron chi connectivity index (χ1n) is 12.3. The second-order valence-corrected chi connectivity index (χ2v) is 13.5. The van der Waals surface area contributed by atoms with Crippen LogP contribution in [0.3, 0.4) is 0 Å². The normalized spacial score (nSPS) is 12.0. The molecule has 43 heavy (non-hydrogen) atoms. The molecule has 0 atom stereocenters. The predicted molar refractivity (Wildman–Crippen MR) is 162 cm³/mol. The lowest BCUT2D eigenvalue weighted by Crippen LogP contribution is -2.72. The van der Waals surface area contributed by atoms with Crippen LogP contribution in [0.1, 0.15) is 19.5 Å². The lowest BCUT2D eigenvalue weighted by atomic mass is 10.4. The summed E-state index contributed by atoms with van der Waals surface area (Å²) in [6.07, 6.45) is 0.942. The summed E-state index contributed by atoms with van der Waals surface area (Å²) < 4.78 is 54.9. The highest BCUT2D eigenvalue weighted by Crippen LogP contribution is 2.19. The lowest BCUT2D eigenvalue weighted by molar-refractivity contribution is -0.355. The molecule has 2 aromatic rings. The van der Waals surface area contributed by atoms with Crippen molar-refractivity contribution in [1.82, 2.24) is 19.3 Å². The number of guanidine groups is 2. The maximum atomic E-state index is 12.9. The molecule has 0 saturated heterocycles. The van der Waals surface area contributed by atoms with Gasteiger partial charge >= 0.3 is 11.9 Å². The molecule has 0 aliphatic rings. The summed E-state index contributed by atoms with van der Waals surface area (Å²) in [6, 6.07) is 5.25. The first-order chi connectivity index (χ1) is 20.2. The number of carbonyl (C=O) groups is 2. The summed E-state index contributed by atoms with van der Waals surface area (Å²) >= 11 is 2.99. The molecule has 2 rings (SSSR count). The van der Waals surface area contributed by atoms with Crippen molar-refractivity contribution in [1.29, 1.82) is 0 Å². The second kappa shape index (κ2) is 18.1. The molecule has 20 heteroatoms. The van der Waals surface area contributed by atoms with Crippen LogP contribution in [-0.2, 0) is 35.4 Å². The van der Waals surface area contributed by atoms with Gasteiger partial charge in [0.1, 0.15) is 5.69 Å². The number of aliphatic carboxylic acids is 2. The Labute approximate surface area is 258 Å². The number of carbonyl (C=O) groups excluding carboxylic acids is 1. The summed E-state index contributed by atoms with van der Waals surface area (Å²) in [5.41, 5.74) is 11.7. The number of nitrogens with zero attached hydrogens (tertiary/aromatic N) is 3. The van der Waals surface area contributed by atoms with Crippen LogP contribution in [0.4, 0.5) is 5.13 Å². The molecule has 1 aromatic heterocycles. The van der Waals surface area contributed by atoms with Gasteiger partial charge < -0.3 is 31.8 Å². The average molecular weight is 679 g/mol. The molecule has 0 radical (unpaired) electrons. The highest BCUT2D eigenvalue weighted by atomic mass is 32.2. The molecular weight excluding hydrogens is 645 g/mol. The van der Waals surface area contributed by atoms with E-state index in [0.29, 0.717) is 35.3 Å². The smallest absolute Gasteiger partial charge is 0.328 e. The fourth-order valence-electron chi connectivity index (χ4n) is 2.97. The Kier molecular flexibility index (Phi) is 15.7. The number of carboxylic acid groups (broad SMARTS) is 2. The van der Waals surface area contributed by atoms with Crippen molar-refractivity contribution in [3.63, 3.8) is 0 Å². The van der Waals surface area contributed by atoms with Crippen molar-refractivity contribution in [3.8, 4) is 0 Å². The number of carboxylic acids is 2. The van der Waals surface area contributed by atoms with E-state index in [9.17, 15) is 31.5 Å². The predicted octanol–water partition coefficient (Wildman–Crippen LogP) is -2.68. The van der Waals surface area contributed by atoms with Crippen LogP contribution in [0, 0.1) is 0 Å². The molecule has 16 nitrogen and oxygen atoms in total. The van der Waals surface area contributed by atoms with Gasteiger partial charge in [0.25, 0.3) is 15.2 Å². The molecule has 0 amide bonds. The van der Waals surface area contributed by atoms with Gasteiger partial charge in [-0.15, -0.1) is 4.98 Å². The first-order valence-corrected chi connectivity index (χ1v) is 17.2. The number of thiazole rings is 1. The minimum absolute atomic E-state index is 0.0525. The van der Waals surface area contributed by atoms with Crippen LogP contribution in [0.25, 0.3) is 0 Å². The minimum atomic E-state index is -4.06. The molecule has 0 unspecified atom stereocenters. The van der Waals surface area contributed by atoms with Crippen LogP contribution in [0.5, 0.6) is 0 Å². The quantitative estimate of drug-likeness (QED) is 0.0516. The standard InChI is InChI=1S/C19H30N8O4S4.C4H4O4/c1-4-27(5-2)35(30,31)16-8-6-7-15(11-16)34(28,29)26-18(22-3)23-9-10-32-12-14-13-33-19(24-14)25-17(20)21;5-3(6)1-2-4(7)8/h6-8,11,13H,4-5,9-10,12H2,1-3H3,(H2,22,23,26)(H4,20,21,24,25);1-2H,(H,5,6)(H,7,8)/b;2-1+. The van der Waals surface area contributed by atoms with Crippen molar-refractivity contribution >= 4 is 72.1 Å². The zero-order chi connectivity index (χ0) is 32.6. The van der Waals surface area contributed by atoms with Crippen molar-refractivity contribution in [3.05, 3.63) is 47.5 Å². The number of aromatic nitrogens is 1. The number of nitrogens with one attached hydrogen (secondary N) is 3. The third-order valence-corrected chi connectivity index (χ3v) is 10.0. The monoisotopic (exact) mass is 678 g/mol. The summed E-state index contributed by atoms with van der Waals surface area (Å²) in [6.45, 7) is 4.45. The fourth-order valence-corrected chi connectivity index (χ4v) is 7.21. The van der Waals surface area contributed by atoms with Gasteiger partial charge in [-0.2, -0.15) is 16.1 Å². The molecule has 238 valence electrons. The molecule has 0 aliphatic carbocycles. The number of hydrogen-bond acceptors (Lipinski definition) is 11. The zero-order valence-electron chi connectivity index (χ0n) is 23.5. The molecule has 1 aromatic carbocycles. The van der Waals surface area contributed by atoms with Gasteiger partial charge in [0, 0.05) is 49.6 Å². The number of benzene rings is 1. The van der Waals surface area contributed by atoms with Gasteiger partial charge in [-0.25, -0.2) is 31.3 Å². The van der Waals surface area contributed by atoms with Gasteiger partial charge in [0.05, 0.1) is 15.8 Å². The molecule has 0 fully saturated rings. The van der Waals surface area contributed by atoms with Gasteiger partial charge in [0.2, 0.25) is 16.0 Å². The van der Waals surface area contributed by atoms with E-state index in [1.165, 1.54) is 40.9 Å². The number of hydrogen-bond donors (Lipinski definition) is 6. The summed E-state index contributed by atoms with van der Waals surface area (Å²) in [5, 5.41) is 22.7. The van der Waals surface area contributed by atoms with Crippen molar-refractivity contribution in [2.24, 2.45) is 16.5 Å². The molecule has 0 saturated carbocycles. The Morgan fingerprint density at radius 1 is 1.19 bits per heavy atom. The van der Waals surface area contributed by atoms with Gasteiger partial charge in [-0.1, -0.05) is 31.3 Å². The van der Waals surface area contributed by atoms with Gasteiger partial charge in [-0.3, -0.25) is 4.99 Å². The fraction of sp³-hybridized carbons (Fsp3) is 0.348. The maximum absolute atomic E-state index is 12.9. The number of rotatable bonds is 14. The van der Waals surface area contributed by atoms with E-state index < -0.39 is 32.0 Å². The Morgan fingerprint density at radius 3 is 2.37 bits per heavy atom. The van der Waals surface area contributed by atoms with E-state index in [-0.39, 0.29) is 34.8 Å². The first kappa shape index (κ1) is 37.3. The van der Waals surface area contributed by atoms with Crippen LogP contribution >= 0.6 is 23.1 Å². The Balaban J connectivity index is 0.00000101. The summed E-state index contributed by atoms with van der Waals surface area (Å²) in [5.74, 6) is -1.36. The van der Waals surface area contributed by atoms with E-state index in [2.05, 4.69) is 25.0 Å². The van der Waals surface area contributed by atoms with E-state index >= 15 is 0 Å². The Bertz CT molecular complexity index is 1520. The minimum Gasteiger partial charge on any atom is -0.545 e. The third kappa shape index (κ3) is 13.4. The Morgan fingerprint density at radius 2 is 1.84 bits per heavy atom. The summed E-state index contributed by atoms with van der Waals surface area (Å²) in [4.78, 5) is 29.8. The molecule has 8 N–H and O–H groups in total.